The molecule has 1 aromatic heterocycles. The van der Waals surface area contributed by atoms with Gasteiger partial charge in [-0.25, -0.2) is 0 Å². The summed E-state index contributed by atoms with van der Waals surface area (Å²) in [7, 11) is 0. The summed E-state index contributed by atoms with van der Waals surface area (Å²) in [4.78, 5) is 30.1. The molecule has 3 aromatic carbocycles. The Kier molecular flexibility index (Phi) is 7.33. The highest BCUT2D eigenvalue weighted by atomic mass is 16.3. The van der Waals surface area contributed by atoms with E-state index in [-0.39, 0.29) is 17.6 Å². The summed E-state index contributed by atoms with van der Waals surface area (Å²) in [5, 5.41) is 5.76. The van der Waals surface area contributed by atoms with Crippen LogP contribution in [-0.2, 0) is 6.54 Å². The zero-order valence-corrected chi connectivity index (χ0v) is 20.8. The molecule has 7 heteroatoms. The van der Waals surface area contributed by atoms with Crippen LogP contribution in [0.1, 0.15) is 32.0 Å². The minimum absolute atomic E-state index is 0.215. The molecule has 1 fully saturated rings. The average Bonchev–Trinajstić information content (AvgIpc) is 3.47. The number of amides is 2. The summed E-state index contributed by atoms with van der Waals surface area (Å²) in [5.74, 6) is -0.384. The highest BCUT2D eigenvalue weighted by Gasteiger charge is 2.18. The van der Waals surface area contributed by atoms with Crippen LogP contribution in [-0.4, -0.2) is 42.9 Å². The molecule has 0 unspecified atom stereocenters. The molecule has 1 aliphatic heterocycles. The molecule has 0 atom stereocenters. The molecule has 5 rings (SSSR count). The van der Waals surface area contributed by atoms with Gasteiger partial charge in [0.1, 0.15) is 0 Å². The summed E-state index contributed by atoms with van der Waals surface area (Å²) in [6.07, 6.45) is 1.45. The van der Waals surface area contributed by atoms with Crippen molar-refractivity contribution in [1.82, 2.24) is 4.90 Å². The van der Waals surface area contributed by atoms with Crippen LogP contribution in [0.2, 0.25) is 0 Å². The molecule has 0 saturated carbocycles. The second-order valence-corrected chi connectivity index (χ2v) is 9.21. The first-order chi connectivity index (χ1) is 18.0. The molecule has 1 aliphatic rings. The van der Waals surface area contributed by atoms with Gasteiger partial charge in [-0.3, -0.25) is 14.5 Å². The Hall–Kier alpha value is -4.36. The lowest BCUT2D eigenvalue weighted by Crippen LogP contribution is -2.45. The Balaban J connectivity index is 1.16. The Morgan fingerprint density at radius 3 is 2.27 bits per heavy atom. The molecule has 2 N–H and O–H groups in total. The van der Waals surface area contributed by atoms with E-state index in [9.17, 15) is 9.59 Å². The molecule has 2 amide bonds. The molecule has 0 aliphatic carbocycles. The minimum atomic E-state index is -0.359. The predicted molar refractivity (Wildman–Crippen MR) is 146 cm³/mol. The molecule has 4 aromatic rings. The number of carbonyl (C=O) groups excluding carboxylic acids is 2. The van der Waals surface area contributed by atoms with Crippen LogP contribution in [0.25, 0.3) is 0 Å². The van der Waals surface area contributed by atoms with Gasteiger partial charge in [0.15, 0.2) is 5.76 Å². The number of aryl methyl sites for hydroxylation is 1. The number of benzene rings is 3. The third kappa shape index (κ3) is 6.08. The molecule has 0 radical (unpaired) electrons. The van der Waals surface area contributed by atoms with Gasteiger partial charge >= 0.3 is 0 Å². The van der Waals surface area contributed by atoms with E-state index >= 15 is 0 Å². The second kappa shape index (κ2) is 11.1. The van der Waals surface area contributed by atoms with Crippen LogP contribution < -0.4 is 15.5 Å². The lowest BCUT2D eigenvalue weighted by atomic mass is 10.1. The fourth-order valence-electron chi connectivity index (χ4n) is 4.45. The molecule has 1 saturated heterocycles. The fourth-order valence-corrected chi connectivity index (χ4v) is 4.45. The number of furan rings is 1. The van der Waals surface area contributed by atoms with Gasteiger partial charge in [0.2, 0.25) is 0 Å². The zero-order chi connectivity index (χ0) is 25.6. The van der Waals surface area contributed by atoms with E-state index in [0.717, 1.165) is 49.7 Å². The van der Waals surface area contributed by atoms with Crippen molar-refractivity contribution in [2.45, 2.75) is 13.5 Å². The van der Waals surface area contributed by atoms with Crippen molar-refractivity contribution < 1.29 is 14.0 Å². The van der Waals surface area contributed by atoms with E-state index < -0.39 is 0 Å². The van der Waals surface area contributed by atoms with Crippen molar-refractivity contribution in [2.75, 3.05) is 41.7 Å². The van der Waals surface area contributed by atoms with E-state index in [1.54, 1.807) is 24.3 Å². The van der Waals surface area contributed by atoms with E-state index in [0.29, 0.717) is 11.3 Å². The van der Waals surface area contributed by atoms with Crippen LogP contribution >= 0.6 is 0 Å². The number of hydrogen-bond donors (Lipinski definition) is 2. The van der Waals surface area contributed by atoms with E-state index in [4.69, 9.17) is 4.42 Å². The van der Waals surface area contributed by atoms with Gasteiger partial charge in [0.25, 0.3) is 11.8 Å². The summed E-state index contributed by atoms with van der Waals surface area (Å²) in [6.45, 7) is 6.81. The average molecular weight is 495 g/mol. The Bertz CT molecular complexity index is 1340. The maximum Gasteiger partial charge on any atom is 0.291 e. The molecule has 37 heavy (non-hydrogen) atoms. The van der Waals surface area contributed by atoms with E-state index in [2.05, 4.69) is 50.8 Å². The number of rotatable bonds is 7. The molecule has 188 valence electrons. The number of carbonyl (C=O) groups is 2. The summed E-state index contributed by atoms with van der Waals surface area (Å²) in [6, 6.07) is 27.0. The maximum absolute atomic E-state index is 12.9. The molecular formula is C30H30N4O3. The Labute approximate surface area is 216 Å². The SMILES string of the molecule is Cc1ccc(C(=O)Nc2ccc(N3CCN(Cc4ccccc4)CC3)cc2)cc1NC(=O)c1ccco1. The van der Waals surface area contributed by atoms with Gasteiger partial charge in [-0.1, -0.05) is 36.4 Å². The number of nitrogens with zero attached hydrogens (tertiary/aromatic N) is 2. The monoisotopic (exact) mass is 494 g/mol. The molecular weight excluding hydrogens is 464 g/mol. The zero-order valence-electron chi connectivity index (χ0n) is 20.8. The van der Waals surface area contributed by atoms with Crippen molar-refractivity contribution in [3.05, 3.63) is 114 Å². The number of hydrogen-bond acceptors (Lipinski definition) is 5. The largest absolute Gasteiger partial charge is 0.459 e. The minimum Gasteiger partial charge on any atom is -0.459 e. The standard InChI is InChI=1S/C30H30N4O3/c1-22-9-10-24(20-27(22)32-30(36)28-8-5-19-37-28)29(35)31-25-11-13-26(14-12-25)34-17-15-33(16-18-34)21-23-6-3-2-4-7-23/h2-14,19-20H,15-18,21H2,1H3,(H,31,35)(H,32,36). The topological polar surface area (TPSA) is 77.8 Å². The molecule has 7 nitrogen and oxygen atoms in total. The van der Waals surface area contributed by atoms with Gasteiger partial charge in [-0.2, -0.15) is 0 Å². The van der Waals surface area contributed by atoms with Crippen molar-refractivity contribution >= 4 is 28.9 Å². The lowest BCUT2D eigenvalue weighted by molar-refractivity contribution is 0.0993. The van der Waals surface area contributed by atoms with Crippen molar-refractivity contribution in [1.29, 1.82) is 0 Å². The van der Waals surface area contributed by atoms with Gasteiger partial charge < -0.3 is 20.0 Å². The van der Waals surface area contributed by atoms with Crippen LogP contribution in [0.3, 0.4) is 0 Å². The number of piperazine rings is 1. The van der Waals surface area contributed by atoms with Crippen LogP contribution in [0.15, 0.2) is 95.6 Å². The van der Waals surface area contributed by atoms with E-state index in [1.165, 1.54) is 11.8 Å². The highest BCUT2D eigenvalue weighted by Crippen LogP contribution is 2.22. The van der Waals surface area contributed by atoms with Gasteiger partial charge in [-0.05, 0) is 66.6 Å². The summed E-state index contributed by atoms with van der Waals surface area (Å²) in [5.41, 5.74) is 5.09. The normalized spacial score (nSPS) is 13.8. The van der Waals surface area contributed by atoms with Crippen molar-refractivity contribution in [3.63, 3.8) is 0 Å². The summed E-state index contributed by atoms with van der Waals surface area (Å²) >= 11 is 0. The molecule has 0 spiro atoms. The molecule has 2 heterocycles. The van der Waals surface area contributed by atoms with Crippen molar-refractivity contribution in [3.8, 4) is 0 Å². The first-order valence-electron chi connectivity index (χ1n) is 12.4. The van der Waals surface area contributed by atoms with Crippen LogP contribution in [0.5, 0.6) is 0 Å². The van der Waals surface area contributed by atoms with Crippen LogP contribution in [0.4, 0.5) is 17.1 Å². The number of anilines is 3. The number of nitrogens with one attached hydrogen (secondary N) is 2. The quantitative estimate of drug-likeness (QED) is 0.359. The summed E-state index contributed by atoms with van der Waals surface area (Å²) < 4.78 is 5.15. The second-order valence-electron chi connectivity index (χ2n) is 9.21. The third-order valence-corrected chi connectivity index (χ3v) is 6.60. The maximum atomic E-state index is 12.9. The van der Waals surface area contributed by atoms with Crippen LogP contribution in [0, 0.1) is 6.92 Å². The lowest BCUT2D eigenvalue weighted by Gasteiger charge is -2.36. The highest BCUT2D eigenvalue weighted by molar-refractivity contribution is 6.07. The van der Waals surface area contributed by atoms with Gasteiger partial charge in [-0.15, -0.1) is 0 Å². The predicted octanol–water partition coefficient (Wildman–Crippen LogP) is 5.41. The van der Waals surface area contributed by atoms with Crippen molar-refractivity contribution in [2.24, 2.45) is 0 Å². The third-order valence-electron chi connectivity index (χ3n) is 6.60. The smallest absolute Gasteiger partial charge is 0.291 e. The van der Waals surface area contributed by atoms with Gasteiger partial charge in [0, 0.05) is 55.3 Å². The first-order valence-corrected chi connectivity index (χ1v) is 12.4. The molecule has 0 bridgehead atoms. The van der Waals surface area contributed by atoms with E-state index in [1.807, 2.05) is 37.3 Å². The van der Waals surface area contributed by atoms with Gasteiger partial charge in [0.05, 0.1) is 6.26 Å². The Morgan fingerprint density at radius 1 is 0.811 bits per heavy atom. The fraction of sp³-hybridized carbons (Fsp3) is 0.200. The first kappa shape index (κ1) is 24.3. The Morgan fingerprint density at radius 2 is 1.57 bits per heavy atom.